The number of benzene rings is 1. The molecule has 1 rings (SSSR count). The predicted octanol–water partition coefficient (Wildman–Crippen LogP) is 0.528. The highest BCUT2D eigenvalue weighted by Gasteiger charge is 2.13. The van der Waals surface area contributed by atoms with Crippen molar-refractivity contribution in [1.82, 2.24) is 5.32 Å². The van der Waals surface area contributed by atoms with E-state index in [0.717, 1.165) is 5.56 Å². The molecule has 0 saturated carbocycles. The first-order chi connectivity index (χ1) is 7.97. The molecule has 0 bridgehead atoms. The minimum absolute atomic E-state index is 0.108. The smallest absolute Gasteiger partial charge is 0.297 e. The molecular weight excluding hydrogens is 242 g/mol. The lowest BCUT2D eigenvalue weighted by Gasteiger charge is -2.03. The number of aliphatic hydroxyl groups excluding tert-OH is 1. The van der Waals surface area contributed by atoms with Gasteiger partial charge in [0, 0.05) is 0 Å². The van der Waals surface area contributed by atoms with Crippen molar-refractivity contribution >= 4 is 10.1 Å². The van der Waals surface area contributed by atoms with E-state index < -0.39 is 10.1 Å². The molecule has 0 spiro atoms. The third-order valence-corrected chi connectivity index (χ3v) is 2.97. The van der Waals surface area contributed by atoms with Crippen molar-refractivity contribution < 1.29 is 17.7 Å². The van der Waals surface area contributed by atoms with Crippen LogP contribution in [0, 0.1) is 6.92 Å². The van der Waals surface area contributed by atoms with E-state index in [2.05, 4.69) is 9.50 Å². The number of rotatable bonds is 4. The van der Waals surface area contributed by atoms with Crippen molar-refractivity contribution in [3.63, 3.8) is 0 Å². The average Bonchev–Trinajstić information content (AvgIpc) is 2.28. The number of aliphatic hydroxyl groups is 1. The normalized spacial score (nSPS) is 10.6. The summed E-state index contributed by atoms with van der Waals surface area (Å²) in [5, 5.41) is 11.2. The van der Waals surface area contributed by atoms with Gasteiger partial charge in [-0.15, -0.1) is 0 Å². The van der Waals surface area contributed by atoms with Gasteiger partial charge in [-0.3, -0.25) is 4.18 Å². The summed E-state index contributed by atoms with van der Waals surface area (Å²) in [6.07, 6.45) is 0. The molecule has 17 heavy (non-hydrogen) atoms. The SMILES string of the molecule is CNC.Cc1ccc(S(=O)(=O)OCCO)cc1. The fourth-order valence-electron chi connectivity index (χ4n) is 0.920. The highest BCUT2D eigenvalue weighted by Crippen LogP contribution is 2.12. The van der Waals surface area contributed by atoms with Crippen LogP contribution in [0.4, 0.5) is 0 Å². The molecule has 1 aromatic rings. The minimum atomic E-state index is -3.70. The first-order valence-electron chi connectivity index (χ1n) is 5.13. The van der Waals surface area contributed by atoms with E-state index in [1.165, 1.54) is 12.1 Å². The molecule has 6 heteroatoms. The van der Waals surface area contributed by atoms with Crippen molar-refractivity contribution in [1.29, 1.82) is 0 Å². The van der Waals surface area contributed by atoms with Crippen molar-refractivity contribution in [2.24, 2.45) is 0 Å². The molecule has 5 nitrogen and oxygen atoms in total. The fourth-order valence-corrected chi connectivity index (χ4v) is 1.82. The maximum Gasteiger partial charge on any atom is 0.297 e. The summed E-state index contributed by atoms with van der Waals surface area (Å²) >= 11 is 0. The van der Waals surface area contributed by atoms with Crippen LogP contribution in [0.15, 0.2) is 29.2 Å². The highest BCUT2D eigenvalue weighted by atomic mass is 32.2. The van der Waals surface area contributed by atoms with E-state index in [4.69, 9.17) is 5.11 Å². The van der Waals surface area contributed by atoms with E-state index >= 15 is 0 Å². The van der Waals surface area contributed by atoms with Crippen molar-refractivity contribution in [3.8, 4) is 0 Å². The maximum absolute atomic E-state index is 11.4. The Labute approximate surface area is 103 Å². The first-order valence-corrected chi connectivity index (χ1v) is 6.54. The summed E-state index contributed by atoms with van der Waals surface area (Å²) in [7, 11) is 0.0508. The van der Waals surface area contributed by atoms with Crippen LogP contribution in [-0.4, -0.2) is 40.8 Å². The molecule has 0 heterocycles. The summed E-state index contributed by atoms with van der Waals surface area (Å²) < 4.78 is 27.3. The minimum Gasteiger partial charge on any atom is -0.394 e. The Morgan fingerprint density at radius 1 is 1.24 bits per heavy atom. The zero-order valence-electron chi connectivity index (χ0n) is 10.3. The van der Waals surface area contributed by atoms with Crippen LogP contribution < -0.4 is 5.32 Å². The molecule has 0 amide bonds. The zero-order chi connectivity index (χ0) is 13.3. The first kappa shape index (κ1) is 16.1. The number of nitrogens with one attached hydrogen (secondary N) is 1. The zero-order valence-corrected chi connectivity index (χ0v) is 11.1. The molecule has 0 aliphatic rings. The largest absolute Gasteiger partial charge is 0.394 e. The second kappa shape index (κ2) is 8.19. The van der Waals surface area contributed by atoms with Crippen molar-refractivity contribution in [2.75, 3.05) is 27.3 Å². The van der Waals surface area contributed by atoms with E-state index in [0.29, 0.717) is 0 Å². The van der Waals surface area contributed by atoms with Gasteiger partial charge in [-0.1, -0.05) is 17.7 Å². The molecule has 2 N–H and O–H groups in total. The molecule has 0 saturated heterocycles. The van der Waals surface area contributed by atoms with E-state index in [1.54, 1.807) is 12.1 Å². The summed E-state index contributed by atoms with van der Waals surface area (Å²) in [6, 6.07) is 6.33. The van der Waals surface area contributed by atoms with Crippen LogP contribution >= 0.6 is 0 Å². The molecule has 0 atom stereocenters. The van der Waals surface area contributed by atoms with Crippen molar-refractivity contribution in [2.45, 2.75) is 11.8 Å². The predicted molar refractivity (Wildman–Crippen MR) is 66.4 cm³/mol. The van der Waals surface area contributed by atoms with Crippen LogP contribution in [-0.2, 0) is 14.3 Å². The number of aryl methyl sites for hydroxylation is 1. The summed E-state index contributed by atoms with van der Waals surface area (Å²) in [5.74, 6) is 0. The standard InChI is InChI=1S/C9H12O4S.C2H7N/c1-8-2-4-9(5-3-8)14(11,12)13-7-6-10;1-3-2/h2-5,10H,6-7H2,1H3;3H,1-2H3. The molecule has 98 valence electrons. The Bertz CT molecular complexity index is 400. The van der Waals surface area contributed by atoms with Crippen LogP contribution in [0.3, 0.4) is 0 Å². The lowest BCUT2D eigenvalue weighted by atomic mass is 10.2. The van der Waals surface area contributed by atoms with Gasteiger partial charge in [0.25, 0.3) is 10.1 Å². The number of hydrogen-bond acceptors (Lipinski definition) is 5. The van der Waals surface area contributed by atoms with Gasteiger partial charge in [0.05, 0.1) is 18.1 Å². The monoisotopic (exact) mass is 261 g/mol. The van der Waals surface area contributed by atoms with Crippen LogP contribution in [0.1, 0.15) is 5.56 Å². The van der Waals surface area contributed by atoms with Crippen LogP contribution in [0.25, 0.3) is 0 Å². The summed E-state index contributed by atoms with van der Waals surface area (Å²) in [6.45, 7) is 1.34. The van der Waals surface area contributed by atoms with Gasteiger partial charge in [-0.25, -0.2) is 0 Å². The Hall–Kier alpha value is -0.950. The van der Waals surface area contributed by atoms with Gasteiger partial charge in [-0.2, -0.15) is 8.42 Å². The Balaban J connectivity index is 0.000000770. The quantitative estimate of drug-likeness (QED) is 0.773. The molecule has 1 aromatic carbocycles. The Morgan fingerprint density at radius 3 is 2.12 bits per heavy atom. The highest BCUT2D eigenvalue weighted by molar-refractivity contribution is 7.86. The second-order valence-corrected chi connectivity index (χ2v) is 4.93. The molecule has 0 radical (unpaired) electrons. The third kappa shape index (κ3) is 6.38. The third-order valence-electron chi connectivity index (χ3n) is 1.64. The van der Waals surface area contributed by atoms with Gasteiger partial charge >= 0.3 is 0 Å². The summed E-state index contributed by atoms with van der Waals surface area (Å²) in [4.78, 5) is 0.108. The molecule has 0 unspecified atom stereocenters. The van der Waals surface area contributed by atoms with Gasteiger partial charge in [0.2, 0.25) is 0 Å². The van der Waals surface area contributed by atoms with Gasteiger partial charge in [-0.05, 0) is 33.2 Å². The van der Waals surface area contributed by atoms with Gasteiger partial charge in [0.15, 0.2) is 0 Å². The van der Waals surface area contributed by atoms with Crippen molar-refractivity contribution in [3.05, 3.63) is 29.8 Å². The average molecular weight is 261 g/mol. The van der Waals surface area contributed by atoms with Crippen LogP contribution in [0.2, 0.25) is 0 Å². The Morgan fingerprint density at radius 2 is 1.71 bits per heavy atom. The molecular formula is C11H19NO4S. The maximum atomic E-state index is 11.4. The van der Waals surface area contributed by atoms with Gasteiger partial charge in [0.1, 0.15) is 0 Å². The van der Waals surface area contributed by atoms with E-state index in [1.807, 2.05) is 21.0 Å². The lowest BCUT2D eigenvalue weighted by Crippen LogP contribution is -2.09. The van der Waals surface area contributed by atoms with E-state index in [9.17, 15) is 8.42 Å². The van der Waals surface area contributed by atoms with Crippen LogP contribution in [0.5, 0.6) is 0 Å². The molecule has 0 aliphatic heterocycles. The Kier molecular flexibility index (Phi) is 7.73. The second-order valence-electron chi connectivity index (χ2n) is 3.31. The topological polar surface area (TPSA) is 75.6 Å². The number of hydrogen-bond donors (Lipinski definition) is 2. The lowest BCUT2D eigenvalue weighted by molar-refractivity contribution is 0.205. The molecule has 0 aromatic heterocycles. The van der Waals surface area contributed by atoms with Gasteiger partial charge < -0.3 is 10.4 Å². The molecule has 0 fully saturated rings. The van der Waals surface area contributed by atoms with E-state index in [-0.39, 0.29) is 18.1 Å². The fraction of sp³-hybridized carbons (Fsp3) is 0.455. The molecule has 0 aliphatic carbocycles. The summed E-state index contributed by atoms with van der Waals surface area (Å²) in [5.41, 5.74) is 0.978.